The monoisotopic (exact) mass is 463 g/mol. The SMILES string of the molecule is COc1ccc(I)cc1Cn1cc(COc2ccc(C(C)=O)cc2)nn1. The number of carbonyl (C=O) groups is 1. The topological polar surface area (TPSA) is 66.2 Å². The van der Waals surface area contributed by atoms with Gasteiger partial charge in [-0.25, -0.2) is 4.68 Å². The smallest absolute Gasteiger partial charge is 0.159 e. The van der Waals surface area contributed by atoms with Gasteiger partial charge in [-0.3, -0.25) is 4.79 Å². The molecule has 7 heteroatoms. The summed E-state index contributed by atoms with van der Waals surface area (Å²) in [5, 5.41) is 8.29. The minimum absolute atomic E-state index is 0.0329. The minimum atomic E-state index is 0.0329. The Morgan fingerprint density at radius 2 is 1.96 bits per heavy atom. The van der Waals surface area contributed by atoms with Crippen molar-refractivity contribution in [2.24, 2.45) is 0 Å². The van der Waals surface area contributed by atoms with E-state index in [1.165, 1.54) is 6.92 Å². The van der Waals surface area contributed by atoms with E-state index >= 15 is 0 Å². The number of halogens is 1. The highest BCUT2D eigenvalue weighted by atomic mass is 127. The Hall–Kier alpha value is -2.42. The maximum atomic E-state index is 11.3. The van der Waals surface area contributed by atoms with E-state index < -0.39 is 0 Å². The fraction of sp³-hybridized carbons (Fsp3) is 0.211. The van der Waals surface area contributed by atoms with Crippen LogP contribution >= 0.6 is 22.6 Å². The number of aromatic nitrogens is 3. The van der Waals surface area contributed by atoms with E-state index in [0.717, 1.165) is 20.6 Å². The number of rotatable bonds is 7. The van der Waals surface area contributed by atoms with Crippen LogP contribution in [0.3, 0.4) is 0 Å². The first-order valence-electron chi connectivity index (χ1n) is 8.00. The molecule has 0 N–H and O–H groups in total. The van der Waals surface area contributed by atoms with Crippen molar-refractivity contribution in [3.05, 3.63) is 69.1 Å². The lowest BCUT2D eigenvalue weighted by atomic mass is 10.1. The largest absolute Gasteiger partial charge is 0.496 e. The average Bonchev–Trinajstić information content (AvgIpc) is 3.08. The Morgan fingerprint density at radius 1 is 1.19 bits per heavy atom. The molecule has 0 aliphatic rings. The quantitative estimate of drug-likeness (QED) is 0.395. The van der Waals surface area contributed by atoms with E-state index in [9.17, 15) is 4.79 Å². The van der Waals surface area contributed by atoms with Gasteiger partial charge in [0.2, 0.25) is 0 Å². The van der Waals surface area contributed by atoms with Crippen molar-refractivity contribution in [2.45, 2.75) is 20.1 Å². The van der Waals surface area contributed by atoms with Gasteiger partial charge in [-0.15, -0.1) is 5.10 Å². The van der Waals surface area contributed by atoms with Gasteiger partial charge in [0, 0.05) is 14.7 Å². The molecule has 0 unspecified atom stereocenters. The van der Waals surface area contributed by atoms with Crippen molar-refractivity contribution < 1.29 is 14.3 Å². The molecule has 0 atom stereocenters. The van der Waals surface area contributed by atoms with Crippen LogP contribution in [0.15, 0.2) is 48.7 Å². The van der Waals surface area contributed by atoms with Crippen LogP contribution in [-0.4, -0.2) is 27.9 Å². The van der Waals surface area contributed by atoms with Gasteiger partial charge in [0.25, 0.3) is 0 Å². The maximum absolute atomic E-state index is 11.3. The van der Waals surface area contributed by atoms with E-state index in [1.54, 1.807) is 36.1 Å². The minimum Gasteiger partial charge on any atom is -0.496 e. The van der Waals surface area contributed by atoms with Crippen molar-refractivity contribution in [3.63, 3.8) is 0 Å². The molecule has 3 aromatic rings. The van der Waals surface area contributed by atoms with Gasteiger partial charge in [0.05, 0.1) is 19.9 Å². The Labute approximate surface area is 165 Å². The molecule has 0 radical (unpaired) electrons. The Kier molecular flexibility index (Phi) is 5.87. The zero-order valence-corrected chi connectivity index (χ0v) is 16.6. The average molecular weight is 463 g/mol. The molecule has 0 aliphatic heterocycles. The Bertz CT molecular complexity index is 907. The number of carbonyl (C=O) groups excluding carboxylic acids is 1. The van der Waals surface area contributed by atoms with Gasteiger partial charge in [-0.05, 0) is 72.0 Å². The van der Waals surface area contributed by atoms with Crippen LogP contribution in [0.1, 0.15) is 28.5 Å². The molecule has 0 saturated heterocycles. The summed E-state index contributed by atoms with van der Waals surface area (Å²) in [4.78, 5) is 11.3. The molecule has 3 rings (SSSR count). The summed E-state index contributed by atoms with van der Waals surface area (Å²) >= 11 is 2.27. The molecule has 0 aliphatic carbocycles. The summed E-state index contributed by atoms with van der Waals surface area (Å²) in [5.74, 6) is 1.54. The van der Waals surface area contributed by atoms with E-state index in [4.69, 9.17) is 9.47 Å². The molecule has 0 spiro atoms. The van der Waals surface area contributed by atoms with Crippen LogP contribution < -0.4 is 9.47 Å². The highest BCUT2D eigenvalue weighted by molar-refractivity contribution is 14.1. The summed E-state index contributed by atoms with van der Waals surface area (Å²) in [7, 11) is 1.66. The van der Waals surface area contributed by atoms with Crippen LogP contribution in [0.5, 0.6) is 11.5 Å². The molecule has 134 valence electrons. The second-order valence-electron chi connectivity index (χ2n) is 5.73. The van der Waals surface area contributed by atoms with Crippen LogP contribution in [0.2, 0.25) is 0 Å². The molecule has 0 fully saturated rings. The van der Waals surface area contributed by atoms with E-state index in [0.29, 0.717) is 24.5 Å². The molecule has 26 heavy (non-hydrogen) atoms. The van der Waals surface area contributed by atoms with Gasteiger partial charge in [-0.1, -0.05) is 5.21 Å². The van der Waals surface area contributed by atoms with Crippen LogP contribution in [0.25, 0.3) is 0 Å². The Balaban J connectivity index is 1.63. The standard InChI is InChI=1S/C19H18IN3O3/c1-13(24)14-3-6-18(7-4-14)26-12-17-11-23(22-21-17)10-15-9-16(20)5-8-19(15)25-2/h3-9,11H,10,12H2,1-2H3. The van der Waals surface area contributed by atoms with Crippen molar-refractivity contribution in [1.29, 1.82) is 0 Å². The van der Waals surface area contributed by atoms with Crippen molar-refractivity contribution >= 4 is 28.4 Å². The van der Waals surface area contributed by atoms with Crippen molar-refractivity contribution in [2.75, 3.05) is 7.11 Å². The predicted octanol–water partition coefficient (Wildman–Crippen LogP) is 3.72. The highest BCUT2D eigenvalue weighted by Gasteiger charge is 2.08. The number of methoxy groups -OCH3 is 1. The molecule has 6 nitrogen and oxygen atoms in total. The zero-order valence-electron chi connectivity index (χ0n) is 14.5. The molecule has 0 amide bonds. The van der Waals surface area contributed by atoms with E-state index in [1.807, 2.05) is 18.3 Å². The molecule has 1 heterocycles. The highest BCUT2D eigenvalue weighted by Crippen LogP contribution is 2.22. The number of nitrogens with zero attached hydrogens (tertiary/aromatic N) is 3. The first kappa shape index (κ1) is 18.4. The first-order chi connectivity index (χ1) is 12.5. The van der Waals surface area contributed by atoms with Crippen molar-refractivity contribution in [3.8, 4) is 11.5 Å². The summed E-state index contributed by atoms with van der Waals surface area (Å²) in [6, 6.07) is 13.1. The lowest BCUT2D eigenvalue weighted by Gasteiger charge is -2.08. The molecule has 0 saturated carbocycles. The Morgan fingerprint density at radius 3 is 2.65 bits per heavy atom. The first-order valence-corrected chi connectivity index (χ1v) is 9.08. The van der Waals surface area contributed by atoms with E-state index in [-0.39, 0.29) is 5.78 Å². The second-order valence-corrected chi connectivity index (χ2v) is 6.98. The summed E-state index contributed by atoms with van der Waals surface area (Å²) < 4.78 is 14.0. The number of Topliss-reactive ketones (excluding diaryl/α,β-unsaturated/α-hetero) is 1. The number of ketones is 1. The number of hydrogen-bond donors (Lipinski definition) is 0. The zero-order chi connectivity index (χ0) is 18.5. The number of benzene rings is 2. The van der Waals surface area contributed by atoms with Gasteiger partial charge in [0.15, 0.2) is 5.78 Å². The number of hydrogen-bond acceptors (Lipinski definition) is 5. The number of ether oxygens (including phenoxy) is 2. The van der Waals surface area contributed by atoms with Gasteiger partial charge >= 0.3 is 0 Å². The fourth-order valence-corrected chi connectivity index (χ4v) is 3.03. The fourth-order valence-electron chi connectivity index (χ4n) is 2.47. The summed E-state index contributed by atoms with van der Waals surface area (Å²) in [6.07, 6.45) is 1.85. The van der Waals surface area contributed by atoms with Crippen LogP contribution in [0.4, 0.5) is 0 Å². The maximum Gasteiger partial charge on any atom is 0.159 e. The van der Waals surface area contributed by atoms with Gasteiger partial charge in [0.1, 0.15) is 23.8 Å². The molecular formula is C19H18IN3O3. The second kappa shape index (κ2) is 8.31. The third-order valence-electron chi connectivity index (χ3n) is 3.81. The molecule has 2 aromatic carbocycles. The van der Waals surface area contributed by atoms with Crippen LogP contribution in [0, 0.1) is 3.57 Å². The lowest BCUT2D eigenvalue weighted by molar-refractivity contribution is 0.101. The van der Waals surface area contributed by atoms with Crippen LogP contribution in [-0.2, 0) is 13.2 Å². The third-order valence-corrected chi connectivity index (χ3v) is 4.48. The van der Waals surface area contributed by atoms with Gasteiger partial charge < -0.3 is 9.47 Å². The third kappa shape index (κ3) is 4.60. The molecular weight excluding hydrogens is 445 g/mol. The normalized spacial score (nSPS) is 10.6. The van der Waals surface area contributed by atoms with E-state index in [2.05, 4.69) is 39.0 Å². The van der Waals surface area contributed by atoms with Crippen molar-refractivity contribution in [1.82, 2.24) is 15.0 Å². The lowest BCUT2D eigenvalue weighted by Crippen LogP contribution is -2.03. The summed E-state index contributed by atoms with van der Waals surface area (Å²) in [6.45, 7) is 2.42. The van der Waals surface area contributed by atoms with Gasteiger partial charge in [-0.2, -0.15) is 0 Å². The predicted molar refractivity (Wildman–Crippen MR) is 106 cm³/mol. The summed E-state index contributed by atoms with van der Waals surface area (Å²) in [5.41, 5.74) is 2.43. The molecule has 0 bridgehead atoms. The molecule has 1 aromatic heterocycles.